The number of aryl methyl sites for hydroxylation is 2. The molecule has 0 fully saturated rings. The van der Waals surface area contributed by atoms with Crippen LogP contribution in [-0.4, -0.2) is 32.5 Å². The molecular formula is C6H9B3N3. The van der Waals surface area contributed by atoms with Crippen LogP contribution in [0.5, 0.6) is 0 Å². The van der Waals surface area contributed by atoms with E-state index in [0.717, 1.165) is 18.4 Å². The van der Waals surface area contributed by atoms with Gasteiger partial charge in [0.1, 0.15) is 0 Å². The van der Waals surface area contributed by atoms with Gasteiger partial charge in [-0.25, -0.2) is 9.97 Å². The smallest absolute Gasteiger partial charge is 0.220 e. The second-order valence-corrected chi connectivity index (χ2v) is 2.20. The number of hydrogen-bond donors (Lipinski definition) is 1. The van der Waals surface area contributed by atoms with E-state index in [1.807, 2.05) is 19.9 Å². The molecule has 0 aliphatic heterocycles. The van der Waals surface area contributed by atoms with Gasteiger partial charge in [-0.05, 0) is 19.9 Å². The molecule has 0 aliphatic rings. The zero-order chi connectivity index (χ0) is 9.56. The van der Waals surface area contributed by atoms with E-state index >= 15 is 0 Å². The van der Waals surface area contributed by atoms with Crippen molar-refractivity contribution in [1.29, 1.82) is 0 Å². The Hall–Kier alpha value is -0.925. The van der Waals surface area contributed by atoms with E-state index in [4.69, 9.17) is 5.73 Å². The van der Waals surface area contributed by atoms with Crippen LogP contribution in [0.2, 0.25) is 0 Å². The lowest BCUT2D eigenvalue weighted by Gasteiger charge is -1.94. The third-order valence-corrected chi connectivity index (χ3v) is 1.000. The summed E-state index contributed by atoms with van der Waals surface area (Å²) in [5.74, 6) is 0.354. The maximum atomic E-state index is 5.34. The minimum atomic E-state index is 0.354. The maximum Gasteiger partial charge on any atom is 0.220 e. The first-order valence-electron chi connectivity index (χ1n) is 3.43. The van der Waals surface area contributed by atoms with Crippen molar-refractivity contribution in [1.82, 2.24) is 9.97 Å². The molecule has 1 aromatic rings. The third kappa shape index (κ3) is 4.82. The van der Waals surface area contributed by atoms with E-state index in [9.17, 15) is 0 Å². The highest BCUT2D eigenvalue weighted by Crippen LogP contribution is 1.98. The molecule has 2 N–H and O–H groups in total. The Kier molecular flexibility index (Phi) is 5.25. The lowest BCUT2D eigenvalue weighted by molar-refractivity contribution is 1.07. The third-order valence-electron chi connectivity index (χ3n) is 1.000. The summed E-state index contributed by atoms with van der Waals surface area (Å²) in [5, 5.41) is 0. The van der Waals surface area contributed by atoms with Crippen LogP contribution in [0.3, 0.4) is 0 Å². The molecule has 6 heteroatoms. The summed E-state index contributed by atoms with van der Waals surface area (Å²) in [7, 11) is 10.0. The predicted molar refractivity (Wildman–Crippen MR) is 53.2 cm³/mol. The molecule has 0 amide bonds. The summed E-state index contributed by atoms with van der Waals surface area (Å²) >= 11 is 0. The summed E-state index contributed by atoms with van der Waals surface area (Å²) in [4.78, 5) is 7.80. The molecule has 0 bridgehead atoms. The van der Waals surface area contributed by atoms with Gasteiger partial charge in [-0.1, -0.05) is 0 Å². The Labute approximate surface area is 76.2 Å². The van der Waals surface area contributed by atoms with Crippen LogP contribution >= 0.6 is 0 Å². The Morgan fingerprint density at radius 1 is 1.25 bits per heavy atom. The van der Waals surface area contributed by atoms with Gasteiger partial charge in [-0.2, -0.15) is 0 Å². The Morgan fingerprint density at radius 3 is 1.83 bits per heavy atom. The molecule has 0 atom stereocenters. The van der Waals surface area contributed by atoms with Gasteiger partial charge < -0.3 is 5.73 Å². The monoisotopic (exact) mass is 156 g/mol. The van der Waals surface area contributed by atoms with Gasteiger partial charge in [0.25, 0.3) is 0 Å². The number of nitrogens with two attached hydrogens (primary N) is 1. The highest BCUT2D eigenvalue weighted by molar-refractivity contribution is 7.17. The SMILES string of the molecule is Cc1cc(C)nc(N)n1.[B][B][B]. The Morgan fingerprint density at radius 2 is 1.58 bits per heavy atom. The van der Waals surface area contributed by atoms with Gasteiger partial charge in [0.2, 0.25) is 5.95 Å². The highest BCUT2D eigenvalue weighted by atomic mass is 15.0. The first-order chi connectivity index (χ1) is 5.60. The molecule has 1 aromatic heterocycles. The van der Waals surface area contributed by atoms with Crippen molar-refractivity contribution in [3.8, 4) is 0 Å². The average Bonchev–Trinajstić information content (AvgIpc) is 1.84. The van der Waals surface area contributed by atoms with Gasteiger partial charge in [-0.3, -0.25) is 0 Å². The fourth-order valence-corrected chi connectivity index (χ4v) is 0.753. The zero-order valence-electron chi connectivity index (χ0n) is 7.28. The topological polar surface area (TPSA) is 51.8 Å². The summed E-state index contributed by atoms with van der Waals surface area (Å²) in [6, 6.07) is 1.89. The molecular weight excluding hydrogens is 147 g/mol. The Bertz CT molecular complexity index is 191. The number of nitrogen functional groups attached to an aromatic ring is 1. The molecule has 0 saturated heterocycles. The number of aromatic nitrogens is 2. The van der Waals surface area contributed by atoms with Crippen molar-refractivity contribution in [2.75, 3.05) is 5.73 Å². The van der Waals surface area contributed by atoms with Crippen LogP contribution in [0.1, 0.15) is 11.4 Å². The van der Waals surface area contributed by atoms with E-state index in [-0.39, 0.29) is 0 Å². The van der Waals surface area contributed by atoms with Crippen molar-refractivity contribution in [2.45, 2.75) is 13.8 Å². The molecule has 0 saturated carbocycles. The van der Waals surface area contributed by atoms with Crippen molar-refractivity contribution in [3.05, 3.63) is 17.5 Å². The number of anilines is 1. The first-order valence-corrected chi connectivity index (χ1v) is 3.43. The summed E-state index contributed by atoms with van der Waals surface area (Å²) in [6.45, 7) is 3.79. The van der Waals surface area contributed by atoms with E-state index in [2.05, 4.69) is 25.4 Å². The van der Waals surface area contributed by atoms with Gasteiger partial charge in [0, 0.05) is 33.9 Å². The molecule has 1 rings (SSSR count). The second kappa shape index (κ2) is 5.69. The summed E-state index contributed by atoms with van der Waals surface area (Å²) in [5.41, 5.74) is 7.17. The molecule has 5 radical (unpaired) electrons. The molecule has 57 valence electrons. The number of nitrogens with zero attached hydrogens (tertiary/aromatic N) is 2. The van der Waals surface area contributed by atoms with Gasteiger partial charge >= 0.3 is 0 Å². The van der Waals surface area contributed by atoms with Crippen molar-refractivity contribution in [2.24, 2.45) is 0 Å². The number of rotatable bonds is 0. The van der Waals surface area contributed by atoms with E-state index < -0.39 is 0 Å². The molecule has 0 aliphatic carbocycles. The lowest BCUT2D eigenvalue weighted by Crippen LogP contribution is -1.97. The summed E-state index contributed by atoms with van der Waals surface area (Å²) < 4.78 is 0. The standard InChI is InChI=1S/C6H9N3.B3/c1-4-3-5(2)9-6(7)8-4;1-3-2/h3H,1-2H3,(H2,7,8,9);. The molecule has 12 heavy (non-hydrogen) atoms. The van der Waals surface area contributed by atoms with Gasteiger partial charge in [0.15, 0.2) is 0 Å². The molecule has 3 nitrogen and oxygen atoms in total. The first kappa shape index (κ1) is 11.1. The van der Waals surface area contributed by atoms with E-state index in [1.165, 1.54) is 0 Å². The summed E-state index contributed by atoms with van der Waals surface area (Å²) in [6.07, 6.45) is 0. The predicted octanol–water partition coefficient (Wildman–Crippen LogP) is -0.467. The maximum absolute atomic E-state index is 5.34. The second-order valence-electron chi connectivity index (χ2n) is 2.20. The quantitative estimate of drug-likeness (QED) is 0.516. The van der Waals surface area contributed by atoms with Gasteiger partial charge in [0.05, 0.1) is 0 Å². The minimum absolute atomic E-state index is 0.354. The lowest BCUT2D eigenvalue weighted by atomic mass is 9.40. The van der Waals surface area contributed by atoms with E-state index in [1.54, 1.807) is 0 Å². The van der Waals surface area contributed by atoms with Crippen LogP contribution in [0.4, 0.5) is 5.95 Å². The largest absolute Gasteiger partial charge is 0.368 e. The van der Waals surface area contributed by atoms with Crippen LogP contribution in [0, 0.1) is 13.8 Å². The molecule has 0 unspecified atom stereocenters. The highest BCUT2D eigenvalue weighted by Gasteiger charge is 1.90. The normalized spacial score (nSPS) is 8.17. The Balaban J connectivity index is 0.000000354. The van der Waals surface area contributed by atoms with Crippen LogP contribution in [-0.2, 0) is 0 Å². The fraction of sp³-hybridized carbons (Fsp3) is 0.333. The van der Waals surface area contributed by atoms with Crippen LogP contribution in [0.25, 0.3) is 0 Å². The van der Waals surface area contributed by atoms with Crippen molar-refractivity contribution >= 4 is 28.5 Å². The molecule has 0 aromatic carbocycles. The van der Waals surface area contributed by atoms with Gasteiger partial charge in [-0.15, -0.1) is 0 Å². The minimum Gasteiger partial charge on any atom is -0.368 e. The van der Waals surface area contributed by atoms with Crippen LogP contribution < -0.4 is 5.73 Å². The molecule has 0 spiro atoms. The fourth-order valence-electron chi connectivity index (χ4n) is 0.753. The van der Waals surface area contributed by atoms with Crippen molar-refractivity contribution < 1.29 is 0 Å². The van der Waals surface area contributed by atoms with E-state index in [0.29, 0.717) is 5.95 Å². The van der Waals surface area contributed by atoms with Crippen LogP contribution in [0.15, 0.2) is 6.07 Å². The van der Waals surface area contributed by atoms with Crippen molar-refractivity contribution in [3.63, 3.8) is 0 Å². The zero-order valence-corrected chi connectivity index (χ0v) is 7.28. The molecule has 1 heterocycles. The average molecular weight is 156 g/mol. The number of hydrogen-bond acceptors (Lipinski definition) is 3.